The van der Waals surface area contributed by atoms with Gasteiger partial charge in [-0.15, -0.1) is 0 Å². The molecule has 1 aromatic rings. The first-order chi connectivity index (χ1) is 9.83. The van der Waals surface area contributed by atoms with Gasteiger partial charge in [0.25, 0.3) is 0 Å². The average molecular weight is 307 g/mol. The first-order valence-electron chi connectivity index (χ1n) is 7.17. The van der Waals surface area contributed by atoms with Crippen molar-refractivity contribution in [2.75, 3.05) is 6.54 Å². The van der Waals surface area contributed by atoms with Crippen LogP contribution in [0.15, 0.2) is 24.4 Å². The Morgan fingerprint density at radius 3 is 2.76 bits per heavy atom. The van der Waals surface area contributed by atoms with Gasteiger partial charge in [-0.25, -0.2) is 9.78 Å². The van der Waals surface area contributed by atoms with Crippen molar-refractivity contribution < 1.29 is 9.53 Å². The van der Waals surface area contributed by atoms with Gasteiger partial charge in [0, 0.05) is 12.7 Å². The number of rotatable bonds is 1. The summed E-state index contributed by atoms with van der Waals surface area (Å²) in [6, 6.07) is 3.82. The molecule has 2 bridgehead atoms. The highest BCUT2D eigenvalue weighted by molar-refractivity contribution is 6.29. The van der Waals surface area contributed by atoms with Crippen LogP contribution in [0.4, 0.5) is 4.79 Å². The van der Waals surface area contributed by atoms with Gasteiger partial charge in [-0.2, -0.15) is 0 Å². The molecule has 1 amide bonds. The number of hydrogen-bond donors (Lipinski definition) is 0. The van der Waals surface area contributed by atoms with Gasteiger partial charge in [0.2, 0.25) is 0 Å². The van der Waals surface area contributed by atoms with Crippen molar-refractivity contribution >= 4 is 23.3 Å². The molecule has 1 fully saturated rings. The average Bonchev–Trinajstić information content (AvgIpc) is 2.97. The van der Waals surface area contributed by atoms with Crippen molar-refractivity contribution in [3.8, 4) is 0 Å². The predicted octanol–water partition coefficient (Wildman–Crippen LogP) is 3.76. The van der Waals surface area contributed by atoms with Crippen LogP contribution in [0.2, 0.25) is 5.15 Å². The van der Waals surface area contributed by atoms with E-state index in [0.29, 0.717) is 11.1 Å². The summed E-state index contributed by atoms with van der Waals surface area (Å²) in [6.07, 6.45) is 4.75. The molecule has 0 spiro atoms. The highest BCUT2D eigenvalue weighted by Gasteiger charge is 2.43. The molecular weight excluding hydrogens is 288 g/mol. The smallest absolute Gasteiger partial charge is 0.410 e. The van der Waals surface area contributed by atoms with E-state index in [1.165, 1.54) is 0 Å². The molecule has 0 saturated carbocycles. The number of hydrogen-bond acceptors (Lipinski definition) is 3. The van der Waals surface area contributed by atoms with Crippen LogP contribution in [0.25, 0.3) is 5.57 Å². The number of pyridine rings is 1. The summed E-state index contributed by atoms with van der Waals surface area (Å²) in [7, 11) is 0. The molecule has 0 radical (unpaired) electrons. The van der Waals surface area contributed by atoms with E-state index < -0.39 is 5.60 Å². The second-order valence-electron chi connectivity index (χ2n) is 6.64. The largest absolute Gasteiger partial charge is 0.444 e. The molecule has 4 nitrogen and oxygen atoms in total. The standard InChI is InChI=1S/C16H19ClN2O2/c1-16(2,3)21-15(20)19-9-10-6-12(13(19)7-10)11-4-5-14(17)18-8-11/h4-6,8,10,13H,7,9H2,1-3H3/t10-,13-/m1/s1. The summed E-state index contributed by atoms with van der Waals surface area (Å²) in [5.41, 5.74) is 1.71. The number of likely N-dealkylation sites (tertiary alicyclic amines) is 1. The predicted molar refractivity (Wildman–Crippen MR) is 82.1 cm³/mol. The van der Waals surface area contributed by atoms with E-state index in [2.05, 4.69) is 11.1 Å². The minimum absolute atomic E-state index is 0.0906. The maximum absolute atomic E-state index is 12.3. The molecule has 1 aliphatic carbocycles. The molecule has 1 aliphatic heterocycles. The second-order valence-corrected chi connectivity index (χ2v) is 7.02. The van der Waals surface area contributed by atoms with Crippen LogP contribution in [-0.2, 0) is 4.74 Å². The van der Waals surface area contributed by atoms with Crippen LogP contribution in [-0.4, -0.2) is 34.2 Å². The summed E-state index contributed by atoms with van der Waals surface area (Å²) in [5.74, 6) is 0.410. The Bertz CT molecular complexity index is 589. The zero-order chi connectivity index (χ0) is 15.2. The fourth-order valence-corrected chi connectivity index (χ4v) is 3.12. The van der Waals surface area contributed by atoms with E-state index in [9.17, 15) is 4.79 Å². The lowest BCUT2D eigenvalue weighted by molar-refractivity contribution is 0.0253. The van der Waals surface area contributed by atoms with Crippen LogP contribution in [0.1, 0.15) is 32.8 Å². The Morgan fingerprint density at radius 1 is 1.43 bits per heavy atom. The summed E-state index contributed by atoms with van der Waals surface area (Å²) >= 11 is 5.83. The lowest BCUT2D eigenvalue weighted by Gasteiger charge is -2.31. The molecule has 0 aromatic carbocycles. The lowest BCUT2D eigenvalue weighted by atomic mass is 10.0. The highest BCUT2D eigenvalue weighted by atomic mass is 35.5. The number of carbonyl (C=O) groups is 1. The van der Waals surface area contributed by atoms with Gasteiger partial charge >= 0.3 is 6.09 Å². The first-order valence-corrected chi connectivity index (χ1v) is 7.54. The van der Waals surface area contributed by atoms with Gasteiger partial charge in [0.15, 0.2) is 0 Å². The zero-order valence-corrected chi connectivity index (χ0v) is 13.2. The molecule has 5 heteroatoms. The Morgan fingerprint density at radius 2 is 2.19 bits per heavy atom. The first kappa shape index (κ1) is 14.4. The Labute approximate surface area is 129 Å². The van der Waals surface area contributed by atoms with Gasteiger partial charge < -0.3 is 9.64 Å². The molecular formula is C16H19ClN2O2. The maximum atomic E-state index is 12.3. The third-order valence-electron chi connectivity index (χ3n) is 3.80. The lowest BCUT2D eigenvalue weighted by Crippen LogP contribution is -2.41. The van der Waals surface area contributed by atoms with Gasteiger partial charge in [-0.1, -0.05) is 23.7 Å². The summed E-state index contributed by atoms with van der Waals surface area (Å²) < 4.78 is 5.50. The number of carbonyl (C=O) groups excluding carboxylic acids is 1. The van der Waals surface area contributed by atoms with E-state index in [-0.39, 0.29) is 12.1 Å². The minimum atomic E-state index is -0.468. The van der Waals surface area contributed by atoms with E-state index in [1.54, 1.807) is 12.3 Å². The molecule has 1 aromatic heterocycles. The van der Waals surface area contributed by atoms with E-state index in [1.807, 2.05) is 31.7 Å². The number of ether oxygens (including phenoxy) is 1. The monoisotopic (exact) mass is 306 g/mol. The fraction of sp³-hybridized carbons (Fsp3) is 0.500. The Kier molecular flexibility index (Phi) is 3.44. The molecule has 2 heterocycles. The van der Waals surface area contributed by atoms with Crippen LogP contribution in [0.5, 0.6) is 0 Å². The normalized spacial score (nSPS) is 24.2. The molecule has 21 heavy (non-hydrogen) atoms. The van der Waals surface area contributed by atoms with Crippen molar-refractivity contribution in [3.63, 3.8) is 0 Å². The van der Waals surface area contributed by atoms with Crippen LogP contribution in [0.3, 0.4) is 0 Å². The zero-order valence-electron chi connectivity index (χ0n) is 12.5. The number of amides is 1. The molecule has 3 rings (SSSR count). The van der Waals surface area contributed by atoms with E-state index >= 15 is 0 Å². The molecule has 0 unspecified atom stereocenters. The van der Waals surface area contributed by atoms with Crippen molar-refractivity contribution in [3.05, 3.63) is 35.1 Å². The van der Waals surface area contributed by atoms with E-state index in [0.717, 1.165) is 24.1 Å². The third-order valence-corrected chi connectivity index (χ3v) is 4.02. The fourth-order valence-electron chi connectivity index (χ4n) is 3.01. The second kappa shape index (κ2) is 5.02. The van der Waals surface area contributed by atoms with Gasteiger partial charge in [0.05, 0.1) is 6.04 Å². The molecule has 112 valence electrons. The molecule has 2 atom stereocenters. The molecule has 0 N–H and O–H groups in total. The molecule has 2 aliphatic rings. The van der Waals surface area contributed by atoms with Gasteiger partial charge in [0.1, 0.15) is 10.8 Å². The van der Waals surface area contributed by atoms with Crippen molar-refractivity contribution in [2.24, 2.45) is 5.92 Å². The van der Waals surface area contributed by atoms with Crippen LogP contribution >= 0.6 is 11.6 Å². The number of nitrogens with zero attached hydrogens (tertiary/aromatic N) is 2. The summed E-state index contributed by atoms with van der Waals surface area (Å²) in [6.45, 7) is 6.40. The van der Waals surface area contributed by atoms with Crippen molar-refractivity contribution in [1.82, 2.24) is 9.88 Å². The van der Waals surface area contributed by atoms with Gasteiger partial charge in [-0.3, -0.25) is 0 Å². The number of halogens is 1. The molecule has 1 saturated heterocycles. The van der Waals surface area contributed by atoms with Crippen LogP contribution in [0, 0.1) is 5.92 Å². The van der Waals surface area contributed by atoms with Crippen molar-refractivity contribution in [2.45, 2.75) is 38.8 Å². The quantitative estimate of drug-likeness (QED) is 0.742. The minimum Gasteiger partial charge on any atom is -0.444 e. The van der Waals surface area contributed by atoms with Gasteiger partial charge in [-0.05, 0) is 50.3 Å². The number of aromatic nitrogens is 1. The Balaban J connectivity index is 1.79. The van der Waals surface area contributed by atoms with E-state index in [4.69, 9.17) is 16.3 Å². The third kappa shape index (κ3) is 2.91. The number of fused-ring (bicyclic) bond motifs is 2. The Hall–Kier alpha value is -1.55. The summed E-state index contributed by atoms with van der Waals surface area (Å²) in [5, 5.41) is 0.478. The highest BCUT2D eigenvalue weighted by Crippen LogP contribution is 2.42. The maximum Gasteiger partial charge on any atom is 0.410 e. The summed E-state index contributed by atoms with van der Waals surface area (Å²) in [4.78, 5) is 18.3. The SMILES string of the molecule is CC(C)(C)OC(=O)N1C[C@@H]2C=C(c3ccc(Cl)nc3)[C@H]1C2. The van der Waals surface area contributed by atoms with Crippen molar-refractivity contribution in [1.29, 1.82) is 0 Å². The topological polar surface area (TPSA) is 42.4 Å². The van der Waals surface area contributed by atoms with Crippen LogP contribution < -0.4 is 0 Å².